The molecule has 1 aromatic carbocycles. The van der Waals surface area contributed by atoms with E-state index in [1.807, 2.05) is 30.3 Å². The van der Waals surface area contributed by atoms with Gasteiger partial charge in [-0.3, -0.25) is 4.79 Å². The van der Waals surface area contributed by atoms with E-state index in [0.717, 1.165) is 23.7 Å². The summed E-state index contributed by atoms with van der Waals surface area (Å²) in [7, 11) is 0. The van der Waals surface area contributed by atoms with E-state index < -0.39 is 0 Å². The molecule has 0 bridgehead atoms. The molecule has 0 spiro atoms. The van der Waals surface area contributed by atoms with Crippen molar-refractivity contribution < 1.29 is 14.3 Å². The van der Waals surface area contributed by atoms with Crippen molar-refractivity contribution in [2.75, 3.05) is 6.79 Å². The lowest BCUT2D eigenvalue weighted by Crippen LogP contribution is -2.10. The van der Waals surface area contributed by atoms with Crippen molar-refractivity contribution in [2.24, 2.45) is 0 Å². The maximum Gasteiger partial charge on any atom is 0.308 e. The highest BCUT2D eigenvalue weighted by atomic mass is 16.7. The van der Waals surface area contributed by atoms with E-state index in [-0.39, 0.29) is 12.8 Å². The van der Waals surface area contributed by atoms with E-state index in [9.17, 15) is 4.79 Å². The van der Waals surface area contributed by atoms with Crippen LogP contribution in [0.1, 0.15) is 71.1 Å². The number of nitrogens with zero attached hydrogens (tertiary/aromatic N) is 1. The number of rotatable bonds is 13. The van der Waals surface area contributed by atoms with Crippen LogP contribution in [-0.4, -0.2) is 17.7 Å². The molecule has 0 fully saturated rings. The zero-order valence-electron chi connectivity index (χ0n) is 15.9. The van der Waals surface area contributed by atoms with E-state index in [1.165, 1.54) is 44.9 Å². The summed E-state index contributed by atoms with van der Waals surface area (Å²) in [6.07, 6.45) is 11.6. The third-order valence-corrected chi connectivity index (χ3v) is 4.48. The van der Waals surface area contributed by atoms with Crippen LogP contribution < -0.4 is 4.74 Å². The number of carbonyl (C=O) groups excluding carboxylic acids is 1. The lowest BCUT2D eigenvalue weighted by atomic mass is 10.1. The topological polar surface area (TPSA) is 48.4 Å². The van der Waals surface area contributed by atoms with Gasteiger partial charge in [-0.1, -0.05) is 76.5 Å². The van der Waals surface area contributed by atoms with Gasteiger partial charge in [0.15, 0.2) is 0 Å². The minimum atomic E-state index is -0.200. The second-order valence-corrected chi connectivity index (χ2v) is 6.70. The van der Waals surface area contributed by atoms with E-state index in [2.05, 4.69) is 11.9 Å². The summed E-state index contributed by atoms with van der Waals surface area (Å²) in [5.74, 6) is 0.272. The lowest BCUT2D eigenvalue weighted by molar-refractivity contribution is -0.150. The van der Waals surface area contributed by atoms with Gasteiger partial charge in [0.2, 0.25) is 12.7 Å². The van der Waals surface area contributed by atoms with Crippen LogP contribution >= 0.6 is 0 Å². The fourth-order valence-corrected chi connectivity index (χ4v) is 2.94. The SMILES string of the molecule is CCCCCCCCCCCC(=O)OCOc1ccc2ccccc2n1. The third-order valence-electron chi connectivity index (χ3n) is 4.48. The molecule has 26 heavy (non-hydrogen) atoms. The van der Waals surface area contributed by atoms with Gasteiger partial charge in [-0.05, 0) is 18.6 Å². The Kier molecular flexibility index (Phi) is 9.55. The fourth-order valence-electron chi connectivity index (χ4n) is 2.94. The van der Waals surface area contributed by atoms with Crippen LogP contribution in [0.25, 0.3) is 10.9 Å². The molecule has 0 aliphatic heterocycles. The van der Waals surface area contributed by atoms with Crippen LogP contribution in [-0.2, 0) is 9.53 Å². The molecule has 0 aliphatic carbocycles. The summed E-state index contributed by atoms with van der Waals surface area (Å²) < 4.78 is 10.6. The fraction of sp³-hybridized carbons (Fsp3) is 0.545. The molecule has 142 valence electrons. The monoisotopic (exact) mass is 357 g/mol. The molecule has 0 amide bonds. The first-order valence-corrected chi connectivity index (χ1v) is 9.94. The molecule has 4 nitrogen and oxygen atoms in total. The molecule has 0 aliphatic rings. The Balaban J connectivity index is 1.50. The van der Waals surface area contributed by atoms with E-state index in [0.29, 0.717) is 12.3 Å². The largest absolute Gasteiger partial charge is 0.440 e. The van der Waals surface area contributed by atoms with Crippen LogP contribution in [0.4, 0.5) is 0 Å². The Labute approximate surface area is 156 Å². The first-order valence-electron chi connectivity index (χ1n) is 9.94. The molecule has 0 saturated carbocycles. The zero-order valence-corrected chi connectivity index (χ0v) is 15.9. The van der Waals surface area contributed by atoms with Crippen molar-refractivity contribution >= 4 is 16.9 Å². The van der Waals surface area contributed by atoms with E-state index >= 15 is 0 Å². The highest BCUT2D eigenvalue weighted by molar-refractivity contribution is 5.78. The highest BCUT2D eigenvalue weighted by Crippen LogP contribution is 2.16. The Bertz CT molecular complexity index is 657. The summed E-state index contributed by atoms with van der Waals surface area (Å²) in [6.45, 7) is 2.16. The number of hydrogen-bond donors (Lipinski definition) is 0. The number of esters is 1. The number of fused-ring (bicyclic) bond motifs is 1. The quantitative estimate of drug-likeness (QED) is 0.249. The van der Waals surface area contributed by atoms with Crippen molar-refractivity contribution in [3.63, 3.8) is 0 Å². The van der Waals surface area contributed by atoms with E-state index in [1.54, 1.807) is 6.07 Å². The number of carbonyl (C=O) groups is 1. The molecular weight excluding hydrogens is 326 g/mol. The molecule has 0 saturated heterocycles. The van der Waals surface area contributed by atoms with Gasteiger partial charge in [0.1, 0.15) is 0 Å². The number of para-hydroxylation sites is 1. The van der Waals surface area contributed by atoms with Crippen LogP contribution in [0, 0.1) is 0 Å². The van der Waals surface area contributed by atoms with Gasteiger partial charge in [-0.15, -0.1) is 0 Å². The first kappa shape index (κ1) is 20.2. The molecule has 0 unspecified atom stereocenters. The van der Waals surface area contributed by atoms with Crippen LogP contribution in [0.3, 0.4) is 0 Å². The second-order valence-electron chi connectivity index (χ2n) is 6.70. The molecule has 0 N–H and O–H groups in total. The molecular formula is C22H31NO3. The number of ether oxygens (including phenoxy) is 2. The molecule has 4 heteroatoms. The van der Waals surface area contributed by atoms with Crippen molar-refractivity contribution in [3.05, 3.63) is 36.4 Å². The summed E-state index contributed by atoms with van der Waals surface area (Å²) in [6, 6.07) is 11.6. The van der Waals surface area contributed by atoms with Gasteiger partial charge in [0, 0.05) is 17.9 Å². The van der Waals surface area contributed by atoms with Gasteiger partial charge in [0.25, 0.3) is 0 Å². The van der Waals surface area contributed by atoms with Gasteiger partial charge in [-0.2, -0.15) is 0 Å². The maximum atomic E-state index is 11.7. The highest BCUT2D eigenvalue weighted by Gasteiger charge is 2.04. The predicted octanol–water partition coefficient (Wildman–Crippen LogP) is 6.04. The molecule has 2 aromatic rings. The zero-order chi connectivity index (χ0) is 18.5. The molecule has 2 rings (SSSR count). The molecule has 0 atom stereocenters. The standard InChI is InChI=1S/C22H31NO3/c1-2-3-4-5-6-7-8-9-10-15-22(24)26-18-25-21-17-16-19-13-11-12-14-20(19)23-21/h11-14,16-17H,2-10,15,18H2,1H3. The molecule has 1 aromatic heterocycles. The Morgan fingerprint density at radius 1 is 0.885 bits per heavy atom. The number of pyridine rings is 1. The maximum absolute atomic E-state index is 11.7. The Morgan fingerprint density at radius 3 is 2.35 bits per heavy atom. The summed E-state index contributed by atoms with van der Waals surface area (Å²) in [5.41, 5.74) is 0.867. The normalized spacial score (nSPS) is 10.8. The van der Waals surface area contributed by atoms with Gasteiger partial charge in [-0.25, -0.2) is 4.98 Å². The average Bonchev–Trinajstić information content (AvgIpc) is 2.66. The molecule has 1 heterocycles. The smallest absolute Gasteiger partial charge is 0.308 e. The number of aromatic nitrogens is 1. The van der Waals surface area contributed by atoms with Crippen LogP contribution in [0.5, 0.6) is 5.88 Å². The van der Waals surface area contributed by atoms with Crippen LogP contribution in [0.15, 0.2) is 36.4 Å². The van der Waals surface area contributed by atoms with Gasteiger partial charge >= 0.3 is 5.97 Å². The van der Waals surface area contributed by atoms with Crippen molar-refractivity contribution in [1.82, 2.24) is 4.98 Å². The Morgan fingerprint density at radius 2 is 1.58 bits per heavy atom. The number of benzene rings is 1. The average molecular weight is 357 g/mol. The summed E-state index contributed by atoms with van der Waals surface area (Å²) >= 11 is 0. The van der Waals surface area contributed by atoms with Crippen molar-refractivity contribution in [1.29, 1.82) is 0 Å². The minimum Gasteiger partial charge on any atom is -0.440 e. The summed E-state index contributed by atoms with van der Waals surface area (Å²) in [4.78, 5) is 16.1. The Hall–Kier alpha value is -2.10. The number of hydrogen-bond acceptors (Lipinski definition) is 4. The predicted molar refractivity (Wildman–Crippen MR) is 105 cm³/mol. The summed E-state index contributed by atoms with van der Waals surface area (Å²) in [5, 5.41) is 1.06. The third kappa shape index (κ3) is 7.85. The van der Waals surface area contributed by atoms with Gasteiger partial charge < -0.3 is 9.47 Å². The lowest BCUT2D eigenvalue weighted by Gasteiger charge is -2.07. The first-order chi connectivity index (χ1) is 12.8. The van der Waals surface area contributed by atoms with Crippen molar-refractivity contribution in [2.45, 2.75) is 71.1 Å². The molecule has 0 radical (unpaired) electrons. The minimum absolute atomic E-state index is 0.0817. The second kappa shape index (κ2) is 12.3. The van der Waals surface area contributed by atoms with Gasteiger partial charge in [0.05, 0.1) is 5.52 Å². The van der Waals surface area contributed by atoms with Crippen LogP contribution in [0.2, 0.25) is 0 Å². The van der Waals surface area contributed by atoms with Crippen molar-refractivity contribution in [3.8, 4) is 5.88 Å². The van der Waals surface area contributed by atoms with E-state index in [4.69, 9.17) is 9.47 Å². The number of unbranched alkanes of at least 4 members (excludes halogenated alkanes) is 8.